The van der Waals surface area contributed by atoms with Crippen molar-refractivity contribution in [3.05, 3.63) is 34.9 Å². The van der Waals surface area contributed by atoms with E-state index in [0.29, 0.717) is 10.6 Å². The quantitative estimate of drug-likeness (QED) is 0.513. The molecule has 26 heavy (non-hydrogen) atoms. The summed E-state index contributed by atoms with van der Waals surface area (Å²) in [5, 5.41) is 8.29. The summed E-state index contributed by atoms with van der Waals surface area (Å²) < 4.78 is 4.45. The summed E-state index contributed by atoms with van der Waals surface area (Å²) in [6.07, 6.45) is 0.301. The smallest absolute Gasteiger partial charge is 0.307 e. The van der Waals surface area contributed by atoms with Crippen LogP contribution in [0.4, 0.5) is 0 Å². The van der Waals surface area contributed by atoms with E-state index in [1.54, 1.807) is 24.3 Å². The molecule has 0 aliphatic heterocycles. The molecule has 1 aromatic carbocycles. The second kappa shape index (κ2) is 11.9. The van der Waals surface area contributed by atoms with E-state index in [1.807, 2.05) is 0 Å². The number of carbonyl (C=O) groups excluding carboxylic acids is 4. The van der Waals surface area contributed by atoms with E-state index in [2.05, 4.69) is 20.7 Å². The van der Waals surface area contributed by atoms with E-state index in [1.165, 1.54) is 7.11 Å². The lowest BCUT2D eigenvalue weighted by atomic mass is 10.2. The molecule has 0 unspecified atom stereocenters. The number of rotatable bonds is 10. The molecule has 0 saturated carbocycles. The van der Waals surface area contributed by atoms with Crippen molar-refractivity contribution in [3.63, 3.8) is 0 Å². The lowest BCUT2D eigenvalue weighted by Gasteiger charge is -2.07. The van der Waals surface area contributed by atoms with Gasteiger partial charge in [-0.1, -0.05) is 11.6 Å². The van der Waals surface area contributed by atoms with Gasteiger partial charge in [-0.15, -0.1) is 0 Å². The highest BCUT2D eigenvalue weighted by molar-refractivity contribution is 6.30. The van der Waals surface area contributed by atoms with Crippen LogP contribution in [0.5, 0.6) is 0 Å². The van der Waals surface area contributed by atoms with Crippen LogP contribution in [0.1, 0.15) is 29.6 Å². The number of amides is 3. The van der Waals surface area contributed by atoms with Crippen molar-refractivity contribution < 1.29 is 23.9 Å². The zero-order valence-electron chi connectivity index (χ0n) is 14.5. The van der Waals surface area contributed by atoms with Gasteiger partial charge in [-0.05, 0) is 24.3 Å². The van der Waals surface area contributed by atoms with Crippen LogP contribution in [0.25, 0.3) is 0 Å². The summed E-state index contributed by atoms with van der Waals surface area (Å²) in [6, 6.07) is 6.41. The number of benzene rings is 1. The zero-order valence-corrected chi connectivity index (χ0v) is 15.2. The lowest BCUT2D eigenvalue weighted by Crippen LogP contribution is -2.34. The fraction of sp³-hybridized carbons (Fsp3) is 0.412. The lowest BCUT2D eigenvalue weighted by molar-refractivity contribution is -0.140. The van der Waals surface area contributed by atoms with Crippen LogP contribution in [0, 0.1) is 0 Å². The predicted octanol–water partition coefficient (Wildman–Crippen LogP) is 0.645. The van der Waals surface area contributed by atoms with Gasteiger partial charge in [-0.25, -0.2) is 0 Å². The van der Waals surface area contributed by atoms with Crippen molar-refractivity contribution in [2.75, 3.05) is 26.7 Å². The number of esters is 1. The number of methoxy groups -OCH3 is 1. The standard InChI is InChI=1S/C17H22ClN3O5/c1-26-16(24)8-11-20-14(22)6-9-19-15(23)7-10-21-17(25)12-2-4-13(18)5-3-12/h2-5H,6-11H2,1H3,(H,19,23)(H,20,22)(H,21,25). The Balaban J connectivity index is 2.11. The van der Waals surface area contributed by atoms with Crippen molar-refractivity contribution >= 4 is 35.3 Å². The third-order valence-electron chi connectivity index (χ3n) is 3.30. The molecule has 1 rings (SSSR count). The van der Waals surface area contributed by atoms with Gasteiger partial charge in [0, 0.05) is 43.1 Å². The Morgan fingerprint density at radius 1 is 0.846 bits per heavy atom. The fourth-order valence-corrected chi connectivity index (χ4v) is 2.02. The van der Waals surface area contributed by atoms with Crippen LogP contribution in [0.3, 0.4) is 0 Å². The van der Waals surface area contributed by atoms with Gasteiger partial charge in [-0.3, -0.25) is 19.2 Å². The predicted molar refractivity (Wildman–Crippen MR) is 95.7 cm³/mol. The third-order valence-corrected chi connectivity index (χ3v) is 3.55. The Morgan fingerprint density at radius 2 is 1.35 bits per heavy atom. The minimum Gasteiger partial charge on any atom is -0.469 e. The maximum atomic E-state index is 11.8. The first-order valence-corrected chi connectivity index (χ1v) is 8.44. The molecule has 3 amide bonds. The summed E-state index contributed by atoms with van der Waals surface area (Å²) in [7, 11) is 1.28. The van der Waals surface area contributed by atoms with Gasteiger partial charge in [0.05, 0.1) is 13.5 Å². The molecule has 0 saturated heterocycles. The van der Waals surface area contributed by atoms with Crippen LogP contribution in [0.15, 0.2) is 24.3 Å². The van der Waals surface area contributed by atoms with Crippen molar-refractivity contribution in [2.24, 2.45) is 0 Å². The minimum atomic E-state index is -0.403. The van der Waals surface area contributed by atoms with Gasteiger partial charge in [0.25, 0.3) is 5.91 Å². The molecular formula is C17H22ClN3O5. The van der Waals surface area contributed by atoms with Crippen LogP contribution in [-0.2, 0) is 19.1 Å². The van der Waals surface area contributed by atoms with E-state index in [0.717, 1.165) is 0 Å². The molecule has 9 heteroatoms. The van der Waals surface area contributed by atoms with Gasteiger partial charge in [0.2, 0.25) is 11.8 Å². The Hall–Kier alpha value is -2.61. The average Bonchev–Trinajstić information content (AvgIpc) is 2.62. The zero-order chi connectivity index (χ0) is 19.4. The number of carbonyl (C=O) groups is 4. The molecule has 0 radical (unpaired) electrons. The van der Waals surface area contributed by atoms with Crippen LogP contribution in [0.2, 0.25) is 5.02 Å². The monoisotopic (exact) mass is 383 g/mol. The van der Waals surface area contributed by atoms with Crippen molar-refractivity contribution in [3.8, 4) is 0 Å². The Kier molecular flexibility index (Phi) is 9.78. The average molecular weight is 384 g/mol. The number of hydrogen-bond donors (Lipinski definition) is 3. The maximum absolute atomic E-state index is 11.8. The van der Waals surface area contributed by atoms with Crippen LogP contribution >= 0.6 is 11.6 Å². The Labute approximate surface area is 156 Å². The molecule has 0 atom stereocenters. The van der Waals surface area contributed by atoms with E-state index in [4.69, 9.17) is 11.6 Å². The van der Waals surface area contributed by atoms with Crippen molar-refractivity contribution in [1.29, 1.82) is 0 Å². The number of ether oxygens (including phenoxy) is 1. The van der Waals surface area contributed by atoms with Crippen LogP contribution < -0.4 is 16.0 Å². The summed E-state index contributed by atoms with van der Waals surface area (Å²) in [5.74, 6) is -1.24. The summed E-state index contributed by atoms with van der Waals surface area (Å²) >= 11 is 5.75. The van der Waals surface area contributed by atoms with E-state index in [-0.39, 0.29) is 56.6 Å². The first-order valence-electron chi connectivity index (χ1n) is 8.06. The topological polar surface area (TPSA) is 114 Å². The van der Waals surface area contributed by atoms with Gasteiger partial charge in [-0.2, -0.15) is 0 Å². The first-order chi connectivity index (χ1) is 12.4. The largest absolute Gasteiger partial charge is 0.469 e. The van der Waals surface area contributed by atoms with Crippen molar-refractivity contribution in [1.82, 2.24) is 16.0 Å². The normalized spacial score (nSPS) is 9.92. The van der Waals surface area contributed by atoms with Crippen LogP contribution in [-0.4, -0.2) is 50.4 Å². The van der Waals surface area contributed by atoms with Gasteiger partial charge in [0.1, 0.15) is 0 Å². The number of hydrogen-bond acceptors (Lipinski definition) is 5. The molecule has 0 aliphatic carbocycles. The molecule has 0 heterocycles. The Morgan fingerprint density at radius 3 is 1.88 bits per heavy atom. The maximum Gasteiger partial charge on any atom is 0.307 e. The summed E-state index contributed by atoms with van der Waals surface area (Å²) in [6.45, 7) is 0.544. The second-order valence-electron chi connectivity index (χ2n) is 5.29. The second-order valence-corrected chi connectivity index (χ2v) is 5.73. The van der Waals surface area contributed by atoms with Gasteiger partial charge in [0.15, 0.2) is 0 Å². The molecule has 142 valence electrons. The molecule has 8 nitrogen and oxygen atoms in total. The summed E-state index contributed by atoms with van der Waals surface area (Å²) in [5.41, 5.74) is 0.457. The number of nitrogens with one attached hydrogen (secondary N) is 3. The Bertz CT molecular complexity index is 634. The molecule has 0 aliphatic rings. The first kappa shape index (κ1) is 21.4. The fourth-order valence-electron chi connectivity index (χ4n) is 1.89. The highest BCUT2D eigenvalue weighted by atomic mass is 35.5. The molecule has 0 bridgehead atoms. The molecular weight excluding hydrogens is 362 g/mol. The van der Waals surface area contributed by atoms with Gasteiger partial charge < -0.3 is 20.7 Å². The highest BCUT2D eigenvalue weighted by Gasteiger charge is 2.08. The molecule has 0 fully saturated rings. The van der Waals surface area contributed by atoms with E-state index >= 15 is 0 Å². The third kappa shape index (κ3) is 9.03. The summed E-state index contributed by atoms with van der Waals surface area (Å²) in [4.78, 5) is 45.9. The molecule has 0 aromatic heterocycles. The van der Waals surface area contributed by atoms with Gasteiger partial charge >= 0.3 is 5.97 Å². The highest BCUT2D eigenvalue weighted by Crippen LogP contribution is 2.09. The molecule has 1 aromatic rings. The van der Waals surface area contributed by atoms with E-state index in [9.17, 15) is 19.2 Å². The SMILES string of the molecule is COC(=O)CCNC(=O)CCNC(=O)CCNC(=O)c1ccc(Cl)cc1. The molecule has 0 spiro atoms. The van der Waals surface area contributed by atoms with E-state index < -0.39 is 5.97 Å². The minimum absolute atomic E-state index is 0.0991. The molecule has 3 N–H and O–H groups in total. The van der Waals surface area contributed by atoms with Crippen molar-refractivity contribution in [2.45, 2.75) is 19.3 Å². The number of halogens is 1.